The molecule has 33 heavy (non-hydrogen) atoms. The number of hydrogen-bond donors (Lipinski definition) is 1. The molecule has 0 aliphatic heterocycles. The van der Waals surface area contributed by atoms with E-state index >= 15 is 0 Å². The topological polar surface area (TPSA) is 60.5 Å². The molecule has 0 fully saturated rings. The van der Waals surface area contributed by atoms with Crippen LogP contribution in [0.5, 0.6) is 11.5 Å². The van der Waals surface area contributed by atoms with E-state index in [1.807, 2.05) is 54.6 Å². The van der Waals surface area contributed by atoms with E-state index in [4.69, 9.17) is 14.5 Å². The third kappa shape index (κ3) is 4.02. The average molecular weight is 439 g/mol. The van der Waals surface area contributed by atoms with Gasteiger partial charge in [0.25, 0.3) is 5.91 Å². The summed E-state index contributed by atoms with van der Waals surface area (Å²) in [5.41, 5.74) is 5.50. The number of benzene rings is 3. The largest absolute Gasteiger partial charge is 0.493 e. The van der Waals surface area contributed by atoms with Crippen LogP contribution in [0.15, 0.2) is 72.8 Å². The molecule has 166 valence electrons. The lowest BCUT2D eigenvalue weighted by atomic mass is 9.87. The molecule has 1 amide bonds. The Balaban J connectivity index is 1.55. The van der Waals surface area contributed by atoms with Crippen LogP contribution in [0.2, 0.25) is 0 Å². The van der Waals surface area contributed by atoms with Gasteiger partial charge in [0.1, 0.15) is 0 Å². The number of pyridine rings is 1. The van der Waals surface area contributed by atoms with Crippen molar-refractivity contribution in [2.75, 3.05) is 14.2 Å². The van der Waals surface area contributed by atoms with Gasteiger partial charge in [-0.3, -0.25) is 4.79 Å². The molecule has 5 nitrogen and oxygen atoms in total. The molecule has 4 aromatic rings. The van der Waals surface area contributed by atoms with Crippen LogP contribution < -0.4 is 14.8 Å². The van der Waals surface area contributed by atoms with Gasteiger partial charge in [-0.2, -0.15) is 0 Å². The third-order valence-corrected chi connectivity index (χ3v) is 6.31. The van der Waals surface area contributed by atoms with Gasteiger partial charge in [0, 0.05) is 10.9 Å². The van der Waals surface area contributed by atoms with Gasteiger partial charge in [-0.1, -0.05) is 42.5 Å². The van der Waals surface area contributed by atoms with Crippen molar-refractivity contribution in [3.63, 3.8) is 0 Å². The van der Waals surface area contributed by atoms with Gasteiger partial charge in [0.2, 0.25) is 0 Å². The van der Waals surface area contributed by atoms with Crippen molar-refractivity contribution >= 4 is 16.8 Å². The number of aryl methyl sites for hydroxylation is 1. The molecule has 1 heterocycles. The number of nitrogens with one attached hydrogen (secondary N) is 1. The quantitative estimate of drug-likeness (QED) is 0.433. The van der Waals surface area contributed by atoms with Crippen LogP contribution in [-0.4, -0.2) is 25.1 Å². The summed E-state index contributed by atoms with van der Waals surface area (Å²) in [5.74, 6) is 1.18. The zero-order valence-corrected chi connectivity index (χ0v) is 18.8. The number of ether oxygens (including phenoxy) is 2. The minimum absolute atomic E-state index is 0.0129. The highest BCUT2D eigenvalue weighted by Gasteiger charge is 2.23. The summed E-state index contributed by atoms with van der Waals surface area (Å²) in [5, 5.41) is 4.13. The second-order valence-electron chi connectivity index (χ2n) is 8.26. The maximum Gasteiger partial charge on any atom is 0.252 e. The smallest absolute Gasteiger partial charge is 0.252 e. The van der Waals surface area contributed by atoms with Crippen LogP contribution in [0.25, 0.3) is 22.2 Å². The Kier molecular flexibility index (Phi) is 5.69. The molecule has 0 bridgehead atoms. The van der Waals surface area contributed by atoms with E-state index in [9.17, 15) is 4.79 Å². The van der Waals surface area contributed by atoms with Crippen molar-refractivity contribution in [1.82, 2.24) is 10.3 Å². The monoisotopic (exact) mass is 438 g/mol. The Bertz CT molecular complexity index is 1330. The molecular weight excluding hydrogens is 412 g/mol. The minimum atomic E-state index is -0.0861. The third-order valence-electron chi connectivity index (χ3n) is 6.31. The van der Waals surface area contributed by atoms with E-state index in [0.717, 1.165) is 35.7 Å². The molecule has 0 saturated heterocycles. The number of carbonyl (C=O) groups excluding carboxylic acids is 1. The molecule has 1 aromatic heterocycles. The number of fused-ring (bicyclic) bond motifs is 2. The van der Waals surface area contributed by atoms with Gasteiger partial charge < -0.3 is 14.8 Å². The summed E-state index contributed by atoms with van der Waals surface area (Å²) in [6.07, 6.45) is 3.06. The SMILES string of the molecule is COc1ccc(-c2cc(C(=O)N[C@H]3CCCc4ccccc43)c3ccccc3n2)cc1OC. The first-order chi connectivity index (χ1) is 16.2. The van der Waals surface area contributed by atoms with Crippen molar-refractivity contribution in [2.24, 2.45) is 0 Å². The van der Waals surface area contributed by atoms with Crippen molar-refractivity contribution < 1.29 is 14.3 Å². The molecule has 0 radical (unpaired) electrons. The maximum atomic E-state index is 13.6. The zero-order chi connectivity index (χ0) is 22.8. The molecule has 5 rings (SSSR count). The number of amides is 1. The molecule has 3 aromatic carbocycles. The van der Waals surface area contributed by atoms with E-state index in [0.29, 0.717) is 22.8 Å². The van der Waals surface area contributed by atoms with E-state index in [-0.39, 0.29) is 11.9 Å². The second-order valence-corrected chi connectivity index (χ2v) is 8.26. The maximum absolute atomic E-state index is 13.6. The second kappa shape index (κ2) is 8.94. The Hall–Kier alpha value is -3.86. The summed E-state index contributed by atoms with van der Waals surface area (Å²) in [4.78, 5) is 18.4. The summed E-state index contributed by atoms with van der Waals surface area (Å²) < 4.78 is 10.8. The fourth-order valence-electron chi connectivity index (χ4n) is 4.65. The molecular formula is C28H26N2O3. The standard InChI is InChI=1S/C28H26N2O3/c1-32-26-15-14-19(16-27(26)33-2)25-17-22(21-11-5-6-12-24(21)29-25)28(31)30-23-13-7-9-18-8-3-4-10-20(18)23/h3-6,8,10-12,14-17,23H,7,9,13H2,1-2H3,(H,30,31)/t23-/m0/s1. The van der Waals surface area contributed by atoms with Crippen molar-refractivity contribution in [3.8, 4) is 22.8 Å². The lowest BCUT2D eigenvalue weighted by Gasteiger charge is -2.26. The van der Waals surface area contributed by atoms with Gasteiger partial charge in [-0.25, -0.2) is 4.98 Å². The van der Waals surface area contributed by atoms with Gasteiger partial charge in [-0.05, 0) is 60.7 Å². The molecule has 1 aliphatic carbocycles. The van der Waals surface area contributed by atoms with Crippen LogP contribution in [0.3, 0.4) is 0 Å². The lowest BCUT2D eigenvalue weighted by Crippen LogP contribution is -2.31. The number of hydrogen-bond acceptors (Lipinski definition) is 4. The van der Waals surface area contributed by atoms with Gasteiger partial charge in [0.15, 0.2) is 11.5 Å². The first-order valence-electron chi connectivity index (χ1n) is 11.2. The van der Waals surface area contributed by atoms with Crippen LogP contribution >= 0.6 is 0 Å². The molecule has 0 spiro atoms. The van der Waals surface area contributed by atoms with Crippen LogP contribution in [0.1, 0.15) is 40.4 Å². The number of para-hydroxylation sites is 1. The van der Waals surface area contributed by atoms with Crippen LogP contribution in [0.4, 0.5) is 0 Å². The predicted molar refractivity (Wildman–Crippen MR) is 130 cm³/mol. The summed E-state index contributed by atoms with van der Waals surface area (Å²) in [6.45, 7) is 0. The Morgan fingerprint density at radius 3 is 2.58 bits per heavy atom. The summed E-state index contributed by atoms with van der Waals surface area (Å²) in [7, 11) is 3.22. The molecule has 0 unspecified atom stereocenters. The molecule has 0 saturated carbocycles. The fraction of sp³-hybridized carbons (Fsp3) is 0.214. The van der Waals surface area contributed by atoms with Gasteiger partial charge >= 0.3 is 0 Å². The Labute approximate surface area is 193 Å². The molecule has 1 atom stereocenters. The number of rotatable bonds is 5. The van der Waals surface area contributed by atoms with E-state index in [2.05, 4.69) is 23.5 Å². The van der Waals surface area contributed by atoms with Crippen LogP contribution in [0, 0.1) is 0 Å². The van der Waals surface area contributed by atoms with Crippen molar-refractivity contribution in [2.45, 2.75) is 25.3 Å². The summed E-state index contributed by atoms with van der Waals surface area (Å²) >= 11 is 0. The van der Waals surface area contributed by atoms with Crippen LogP contribution in [-0.2, 0) is 6.42 Å². The normalized spacial score (nSPS) is 15.0. The number of carbonyl (C=O) groups is 1. The van der Waals surface area contributed by atoms with E-state index < -0.39 is 0 Å². The average Bonchev–Trinajstić information content (AvgIpc) is 2.87. The van der Waals surface area contributed by atoms with Gasteiger partial charge in [-0.15, -0.1) is 0 Å². The highest BCUT2D eigenvalue weighted by Crippen LogP contribution is 2.34. The summed E-state index contributed by atoms with van der Waals surface area (Å²) in [6, 6.07) is 23.7. The first-order valence-corrected chi connectivity index (χ1v) is 11.2. The lowest BCUT2D eigenvalue weighted by molar-refractivity contribution is 0.0934. The number of nitrogens with zero attached hydrogens (tertiary/aromatic N) is 1. The van der Waals surface area contributed by atoms with Crippen molar-refractivity contribution in [1.29, 1.82) is 0 Å². The zero-order valence-electron chi connectivity index (χ0n) is 18.8. The molecule has 1 aliphatic rings. The Morgan fingerprint density at radius 1 is 0.939 bits per heavy atom. The van der Waals surface area contributed by atoms with E-state index in [1.165, 1.54) is 11.1 Å². The number of methoxy groups -OCH3 is 2. The van der Waals surface area contributed by atoms with Crippen molar-refractivity contribution in [3.05, 3.63) is 89.5 Å². The highest BCUT2D eigenvalue weighted by molar-refractivity contribution is 6.07. The van der Waals surface area contributed by atoms with Gasteiger partial charge in [0.05, 0.1) is 37.0 Å². The fourth-order valence-corrected chi connectivity index (χ4v) is 4.65. The van der Waals surface area contributed by atoms with E-state index in [1.54, 1.807) is 14.2 Å². The predicted octanol–water partition coefficient (Wildman–Crippen LogP) is 5.73. The molecule has 1 N–H and O–H groups in total. The molecule has 5 heteroatoms. The Morgan fingerprint density at radius 2 is 1.73 bits per heavy atom. The first kappa shape index (κ1) is 21.0. The minimum Gasteiger partial charge on any atom is -0.493 e. The number of aromatic nitrogens is 1. The highest BCUT2D eigenvalue weighted by atomic mass is 16.5.